The number of nitrogens with zero attached hydrogens (tertiary/aromatic N) is 3. The Morgan fingerprint density at radius 1 is 0.929 bits per heavy atom. The Bertz CT molecular complexity index is 1170. The molecule has 1 saturated carbocycles. The summed E-state index contributed by atoms with van der Waals surface area (Å²) < 4.78 is 5.64. The maximum atomic E-state index is 13.3. The number of amides is 5. The molecule has 0 unspecified atom stereocenters. The topological polar surface area (TPSA) is 140 Å². The lowest BCUT2D eigenvalue weighted by Gasteiger charge is -2.40. The SMILES string of the molecule is O=C1CCN(c2cc(C(=O)N3CCC(COC(O)(O)C4CCN(C(=O)C5CCCCC5)CC4)CC3)ccc2Cl)C(=O)N1. The molecule has 5 rings (SSSR count). The highest BCUT2D eigenvalue weighted by molar-refractivity contribution is 6.34. The van der Waals surface area contributed by atoms with Crippen molar-refractivity contribution in [2.75, 3.05) is 44.2 Å². The van der Waals surface area contributed by atoms with E-state index in [0.29, 0.717) is 68.1 Å². The number of carbonyl (C=O) groups excluding carboxylic acids is 4. The van der Waals surface area contributed by atoms with Crippen molar-refractivity contribution in [3.05, 3.63) is 28.8 Å². The van der Waals surface area contributed by atoms with E-state index in [9.17, 15) is 29.4 Å². The van der Waals surface area contributed by atoms with E-state index in [1.54, 1.807) is 23.1 Å². The number of likely N-dealkylation sites (tertiary alicyclic amines) is 2. The standard InChI is InChI=1S/C30H41ClN4O7/c31-24-7-6-22(18-25(24)35-17-12-26(36)32-29(35)39)28(38)33-13-8-20(9-14-33)19-42-30(40,41)23-10-15-34(16-11-23)27(37)21-4-2-1-3-5-21/h6-7,18,20-21,23,40-41H,1-5,8-17,19H2,(H,32,36,39). The fourth-order valence-corrected chi connectivity index (χ4v) is 6.79. The third-order valence-electron chi connectivity index (χ3n) is 9.26. The quantitative estimate of drug-likeness (QED) is 0.406. The van der Waals surface area contributed by atoms with Crippen LogP contribution in [-0.2, 0) is 14.3 Å². The molecule has 3 N–H and O–H groups in total. The van der Waals surface area contributed by atoms with E-state index in [0.717, 1.165) is 25.7 Å². The number of carbonyl (C=O) groups is 4. The van der Waals surface area contributed by atoms with E-state index in [4.69, 9.17) is 16.3 Å². The van der Waals surface area contributed by atoms with E-state index in [1.165, 1.54) is 11.3 Å². The Morgan fingerprint density at radius 3 is 2.26 bits per heavy atom. The number of anilines is 1. The van der Waals surface area contributed by atoms with Gasteiger partial charge in [0, 0.05) is 56.5 Å². The van der Waals surface area contributed by atoms with Crippen LogP contribution in [0.15, 0.2) is 18.2 Å². The third-order valence-corrected chi connectivity index (χ3v) is 9.58. The van der Waals surface area contributed by atoms with Crippen molar-refractivity contribution in [2.24, 2.45) is 17.8 Å². The molecule has 1 aromatic rings. The molecule has 0 aromatic heterocycles. The lowest BCUT2D eigenvalue weighted by molar-refractivity contribution is -0.372. The Labute approximate surface area is 251 Å². The number of urea groups is 1. The number of piperidine rings is 2. The maximum absolute atomic E-state index is 13.3. The first-order valence-electron chi connectivity index (χ1n) is 15.2. The average Bonchev–Trinajstić information content (AvgIpc) is 3.01. The minimum Gasteiger partial charge on any atom is -0.343 e. The highest BCUT2D eigenvalue weighted by Gasteiger charge is 2.40. The van der Waals surface area contributed by atoms with Gasteiger partial charge in [-0.1, -0.05) is 30.9 Å². The Morgan fingerprint density at radius 2 is 1.60 bits per heavy atom. The molecule has 0 bridgehead atoms. The third kappa shape index (κ3) is 7.07. The van der Waals surface area contributed by atoms with Crippen molar-refractivity contribution < 1.29 is 34.1 Å². The molecule has 3 aliphatic heterocycles. The van der Waals surface area contributed by atoms with Crippen molar-refractivity contribution in [3.8, 4) is 0 Å². The van der Waals surface area contributed by atoms with Crippen molar-refractivity contribution in [3.63, 3.8) is 0 Å². The van der Waals surface area contributed by atoms with Gasteiger partial charge in [-0.3, -0.25) is 24.6 Å². The molecule has 3 heterocycles. The van der Waals surface area contributed by atoms with Crippen LogP contribution in [0.25, 0.3) is 0 Å². The Kier molecular flexibility index (Phi) is 9.71. The minimum absolute atomic E-state index is 0.0658. The second-order valence-corrected chi connectivity index (χ2v) is 12.5. The summed E-state index contributed by atoms with van der Waals surface area (Å²) in [6.45, 7) is 2.34. The van der Waals surface area contributed by atoms with Crippen molar-refractivity contribution in [1.29, 1.82) is 0 Å². The molecule has 1 aromatic carbocycles. The molecule has 42 heavy (non-hydrogen) atoms. The molecule has 4 aliphatic rings. The van der Waals surface area contributed by atoms with E-state index in [-0.39, 0.29) is 49.1 Å². The van der Waals surface area contributed by atoms with Gasteiger partial charge in [0.15, 0.2) is 0 Å². The van der Waals surface area contributed by atoms with Gasteiger partial charge in [-0.25, -0.2) is 4.79 Å². The number of halogens is 1. The first-order chi connectivity index (χ1) is 20.1. The maximum Gasteiger partial charge on any atom is 0.328 e. The summed E-state index contributed by atoms with van der Waals surface area (Å²) in [6.07, 6.45) is 7.73. The molecule has 11 nitrogen and oxygen atoms in total. The molecule has 0 radical (unpaired) electrons. The summed E-state index contributed by atoms with van der Waals surface area (Å²) in [6, 6.07) is 4.21. The highest BCUT2D eigenvalue weighted by atomic mass is 35.5. The number of imide groups is 1. The molecule has 230 valence electrons. The van der Waals surface area contributed by atoms with Gasteiger partial charge >= 0.3 is 6.03 Å². The van der Waals surface area contributed by atoms with Crippen molar-refractivity contribution in [2.45, 2.75) is 70.2 Å². The summed E-state index contributed by atoms with van der Waals surface area (Å²) >= 11 is 6.32. The van der Waals surface area contributed by atoms with Crippen LogP contribution in [0.1, 0.15) is 74.6 Å². The van der Waals surface area contributed by atoms with Crippen molar-refractivity contribution >= 4 is 41.0 Å². The van der Waals surface area contributed by atoms with Crippen LogP contribution in [0, 0.1) is 17.8 Å². The molecular weight excluding hydrogens is 564 g/mol. The van der Waals surface area contributed by atoms with Gasteiger partial charge < -0.3 is 24.7 Å². The van der Waals surface area contributed by atoms with Crippen LogP contribution < -0.4 is 10.2 Å². The normalized spacial score (nSPS) is 21.9. The molecule has 1 aliphatic carbocycles. The zero-order valence-corrected chi connectivity index (χ0v) is 24.7. The largest absolute Gasteiger partial charge is 0.343 e. The molecule has 5 amide bonds. The fraction of sp³-hybridized carbons (Fsp3) is 0.667. The number of ether oxygens (including phenoxy) is 1. The first kappa shape index (κ1) is 30.7. The van der Waals surface area contributed by atoms with E-state index in [1.807, 2.05) is 4.90 Å². The zero-order valence-electron chi connectivity index (χ0n) is 23.9. The number of benzene rings is 1. The predicted molar refractivity (Wildman–Crippen MR) is 155 cm³/mol. The van der Waals surface area contributed by atoms with Gasteiger partial charge in [-0.2, -0.15) is 0 Å². The lowest BCUT2D eigenvalue weighted by atomic mass is 9.87. The van der Waals surface area contributed by atoms with Crippen LogP contribution in [0.5, 0.6) is 0 Å². The van der Waals surface area contributed by atoms with Gasteiger partial charge in [0.2, 0.25) is 11.8 Å². The number of aliphatic hydroxyl groups is 2. The van der Waals surface area contributed by atoms with Gasteiger partial charge in [0.1, 0.15) is 0 Å². The summed E-state index contributed by atoms with van der Waals surface area (Å²) in [4.78, 5) is 54.9. The second-order valence-electron chi connectivity index (χ2n) is 12.1. The summed E-state index contributed by atoms with van der Waals surface area (Å²) in [7, 11) is 0. The van der Waals surface area contributed by atoms with Crippen LogP contribution in [0.2, 0.25) is 5.02 Å². The van der Waals surface area contributed by atoms with E-state index >= 15 is 0 Å². The highest BCUT2D eigenvalue weighted by Crippen LogP contribution is 2.33. The van der Waals surface area contributed by atoms with E-state index in [2.05, 4.69) is 5.32 Å². The summed E-state index contributed by atoms with van der Waals surface area (Å²) in [5, 5.41) is 24.0. The number of hydrogen-bond donors (Lipinski definition) is 3. The molecule has 0 atom stereocenters. The van der Waals surface area contributed by atoms with E-state index < -0.39 is 17.9 Å². The fourth-order valence-electron chi connectivity index (χ4n) is 6.57. The molecule has 0 spiro atoms. The smallest absolute Gasteiger partial charge is 0.328 e. The Hall–Kier alpha value is -2.73. The van der Waals surface area contributed by atoms with Gasteiger partial charge in [-0.15, -0.1) is 0 Å². The molecule has 12 heteroatoms. The number of hydrogen-bond acceptors (Lipinski definition) is 7. The molecular formula is C30H41ClN4O7. The summed E-state index contributed by atoms with van der Waals surface area (Å²) in [5.74, 6) is -2.86. The van der Waals surface area contributed by atoms with Crippen molar-refractivity contribution in [1.82, 2.24) is 15.1 Å². The number of rotatable bonds is 7. The monoisotopic (exact) mass is 604 g/mol. The Balaban J connectivity index is 1.08. The van der Waals surface area contributed by atoms with Gasteiger partial charge in [-0.05, 0) is 62.6 Å². The van der Waals surface area contributed by atoms with Gasteiger partial charge in [0.05, 0.1) is 17.3 Å². The zero-order chi connectivity index (χ0) is 29.9. The van der Waals surface area contributed by atoms with Crippen LogP contribution in [0.3, 0.4) is 0 Å². The van der Waals surface area contributed by atoms with Crippen LogP contribution in [-0.4, -0.2) is 89.1 Å². The van der Waals surface area contributed by atoms with Crippen LogP contribution in [0.4, 0.5) is 10.5 Å². The lowest BCUT2D eigenvalue weighted by Crippen LogP contribution is -2.50. The molecule has 3 saturated heterocycles. The van der Waals surface area contributed by atoms with Gasteiger partial charge in [0.25, 0.3) is 11.9 Å². The predicted octanol–water partition coefficient (Wildman–Crippen LogP) is 3.11. The van der Waals surface area contributed by atoms with Crippen LogP contribution >= 0.6 is 11.6 Å². The first-order valence-corrected chi connectivity index (χ1v) is 15.6. The molecule has 4 fully saturated rings. The second kappa shape index (κ2) is 13.3. The number of nitrogens with one attached hydrogen (secondary N) is 1. The minimum atomic E-state index is -2.25. The summed E-state index contributed by atoms with van der Waals surface area (Å²) in [5.41, 5.74) is 0.772. The average molecular weight is 605 g/mol.